The lowest BCUT2D eigenvalue weighted by molar-refractivity contribution is -0.385. The first-order valence-corrected chi connectivity index (χ1v) is 8.18. The molecule has 1 heterocycles. The summed E-state index contributed by atoms with van der Waals surface area (Å²) >= 11 is 0. The molecule has 0 saturated carbocycles. The van der Waals surface area contributed by atoms with Crippen LogP contribution in [0, 0.1) is 10.1 Å². The van der Waals surface area contributed by atoms with E-state index in [0.29, 0.717) is 32.0 Å². The largest absolute Gasteiger partial charge is 0.417 e. The van der Waals surface area contributed by atoms with E-state index < -0.39 is 43.3 Å². The minimum atomic E-state index is -5.02. The molecule has 1 aromatic carbocycles. The summed E-state index contributed by atoms with van der Waals surface area (Å²) in [6.07, 6.45) is -4.12. The van der Waals surface area contributed by atoms with E-state index in [0.717, 1.165) is 6.07 Å². The molecule has 136 valence electrons. The number of halogens is 4. The van der Waals surface area contributed by atoms with Crippen LogP contribution in [0.25, 0.3) is 0 Å². The molecule has 1 fully saturated rings. The summed E-state index contributed by atoms with van der Waals surface area (Å²) in [5.74, 6) is 0. The van der Waals surface area contributed by atoms with Gasteiger partial charge in [-0.1, -0.05) is 0 Å². The minimum absolute atomic E-state index is 0. The summed E-state index contributed by atoms with van der Waals surface area (Å²) in [6, 6.07) is 1.12. The summed E-state index contributed by atoms with van der Waals surface area (Å²) in [5, 5.41) is 13.6. The Bertz CT molecular complexity index is 706. The SMILES string of the molecule is Cl.O=[N+]([O-])c1ccc(S(=O)(=O)NC2CCNCC2)c(C(F)(F)F)c1. The smallest absolute Gasteiger partial charge is 0.317 e. The molecule has 2 rings (SSSR count). The van der Waals surface area contributed by atoms with Crippen molar-refractivity contribution in [3.05, 3.63) is 33.9 Å². The maximum absolute atomic E-state index is 13.1. The van der Waals surface area contributed by atoms with Crippen LogP contribution >= 0.6 is 12.4 Å². The molecule has 7 nitrogen and oxygen atoms in total. The van der Waals surface area contributed by atoms with E-state index in [9.17, 15) is 31.7 Å². The Morgan fingerprint density at radius 2 is 1.83 bits per heavy atom. The maximum atomic E-state index is 13.1. The number of nitro groups is 1. The number of alkyl halides is 3. The van der Waals surface area contributed by atoms with Crippen molar-refractivity contribution in [2.45, 2.75) is 30.0 Å². The average molecular weight is 390 g/mol. The van der Waals surface area contributed by atoms with Gasteiger partial charge in [-0.2, -0.15) is 13.2 Å². The highest BCUT2D eigenvalue weighted by Gasteiger charge is 2.39. The second-order valence-electron chi connectivity index (χ2n) is 5.08. The second-order valence-corrected chi connectivity index (χ2v) is 6.76. The summed E-state index contributed by atoms with van der Waals surface area (Å²) in [7, 11) is -4.44. The topological polar surface area (TPSA) is 101 Å². The van der Waals surface area contributed by atoms with Gasteiger partial charge in [0.25, 0.3) is 5.69 Å². The number of benzene rings is 1. The first kappa shape index (κ1) is 20.6. The Morgan fingerprint density at radius 3 is 2.33 bits per heavy atom. The van der Waals surface area contributed by atoms with Gasteiger partial charge < -0.3 is 5.32 Å². The first-order chi connectivity index (χ1) is 10.6. The lowest BCUT2D eigenvalue weighted by Crippen LogP contribution is -2.43. The van der Waals surface area contributed by atoms with Crippen molar-refractivity contribution in [3.8, 4) is 0 Å². The number of hydrogen-bond acceptors (Lipinski definition) is 5. The number of nitrogens with zero attached hydrogens (tertiary/aromatic N) is 1. The highest BCUT2D eigenvalue weighted by atomic mass is 35.5. The number of sulfonamides is 1. The zero-order valence-electron chi connectivity index (χ0n) is 12.2. The molecule has 2 N–H and O–H groups in total. The molecule has 1 aliphatic heterocycles. The Morgan fingerprint density at radius 1 is 1.25 bits per heavy atom. The van der Waals surface area contributed by atoms with E-state index in [4.69, 9.17) is 0 Å². The van der Waals surface area contributed by atoms with Gasteiger partial charge in [0.2, 0.25) is 10.0 Å². The van der Waals surface area contributed by atoms with E-state index >= 15 is 0 Å². The molecule has 0 atom stereocenters. The maximum Gasteiger partial charge on any atom is 0.417 e. The number of piperidine rings is 1. The first-order valence-electron chi connectivity index (χ1n) is 6.70. The molecule has 0 spiro atoms. The van der Waals surface area contributed by atoms with Crippen molar-refractivity contribution in [2.75, 3.05) is 13.1 Å². The zero-order chi connectivity index (χ0) is 17.3. The number of nitrogens with one attached hydrogen (secondary N) is 2. The van der Waals surface area contributed by atoms with Gasteiger partial charge in [-0.25, -0.2) is 13.1 Å². The summed E-state index contributed by atoms with van der Waals surface area (Å²) in [5.41, 5.74) is -2.37. The summed E-state index contributed by atoms with van der Waals surface area (Å²) < 4.78 is 66.0. The van der Waals surface area contributed by atoms with Gasteiger partial charge in [0.05, 0.1) is 15.4 Å². The molecule has 0 radical (unpaired) electrons. The molecule has 1 aliphatic rings. The third kappa shape index (κ3) is 4.79. The lowest BCUT2D eigenvalue weighted by atomic mass is 10.1. The lowest BCUT2D eigenvalue weighted by Gasteiger charge is -2.24. The van der Waals surface area contributed by atoms with Gasteiger partial charge in [0, 0.05) is 18.2 Å². The molecular weight excluding hydrogens is 375 g/mol. The van der Waals surface area contributed by atoms with Crippen LogP contribution in [-0.2, 0) is 16.2 Å². The van der Waals surface area contributed by atoms with Crippen LogP contribution < -0.4 is 10.0 Å². The van der Waals surface area contributed by atoms with Crippen LogP contribution in [0.2, 0.25) is 0 Å². The second kappa shape index (κ2) is 7.64. The summed E-state index contributed by atoms with van der Waals surface area (Å²) in [4.78, 5) is 8.61. The highest BCUT2D eigenvalue weighted by molar-refractivity contribution is 7.89. The highest BCUT2D eigenvalue weighted by Crippen LogP contribution is 2.36. The quantitative estimate of drug-likeness (QED) is 0.606. The van der Waals surface area contributed by atoms with Crippen LogP contribution in [0.5, 0.6) is 0 Å². The van der Waals surface area contributed by atoms with Gasteiger partial charge in [-0.3, -0.25) is 10.1 Å². The molecule has 1 aromatic rings. The van der Waals surface area contributed by atoms with Gasteiger partial charge in [0.15, 0.2) is 0 Å². The van der Waals surface area contributed by atoms with E-state index in [-0.39, 0.29) is 18.5 Å². The molecule has 12 heteroatoms. The number of hydrogen-bond donors (Lipinski definition) is 2. The zero-order valence-corrected chi connectivity index (χ0v) is 13.8. The number of non-ortho nitro benzene ring substituents is 1. The van der Waals surface area contributed by atoms with Crippen LogP contribution in [0.1, 0.15) is 18.4 Å². The van der Waals surface area contributed by atoms with Crippen LogP contribution in [0.4, 0.5) is 18.9 Å². The Balaban J connectivity index is 0.00000288. The number of nitro benzene ring substituents is 1. The van der Waals surface area contributed by atoms with Crippen molar-refractivity contribution in [1.82, 2.24) is 10.0 Å². The van der Waals surface area contributed by atoms with E-state index in [1.54, 1.807) is 0 Å². The van der Waals surface area contributed by atoms with Crippen molar-refractivity contribution in [2.24, 2.45) is 0 Å². The third-order valence-electron chi connectivity index (χ3n) is 3.43. The molecule has 0 aliphatic carbocycles. The van der Waals surface area contributed by atoms with E-state index in [2.05, 4.69) is 10.0 Å². The van der Waals surface area contributed by atoms with Crippen molar-refractivity contribution < 1.29 is 26.5 Å². The molecule has 0 aromatic heterocycles. The predicted octanol–water partition coefficient (Wildman–Crippen LogP) is 2.07. The Hall–Kier alpha value is -1.43. The van der Waals surface area contributed by atoms with Crippen molar-refractivity contribution in [3.63, 3.8) is 0 Å². The Labute approximate surface area is 142 Å². The van der Waals surface area contributed by atoms with Gasteiger partial charge in [-0.15, -0.1) is 12.4 Å². The monoisotopic (exact) mass is 389 g/mol. The fraction of sp³-hybridized carbons (Fsp3) is 0.500. The molecule has 0 unspecified atom stereocenters. The molecule has 0 amide bonds. The average Bonchev–Trinajstić information content (AvgIpc) is 2.46. The van der Waals surface area contributed by atoms with Crippen molar-refractivity contribution in [1.29, 1.82) is 0 Å². The van der Waals surface area contributed by atoms with Crippen molar-refractivity contribution >= 4 is 28.1 Å². The van der Waals surface area contributed by atoms with E-state index in [1.165, 1.54) is 0 Å². The number of rotatable bonds is 4. The molecular formula is C12H15ClF3N3O4S. The Kier molecular flexibility index (Phi) is 6.56. The van der Waals surface area contributed by atoms with Crippen LogP contribution in [0.15, 0.2) is 23.1 Å². The normalized spacial score (nSPS) is 16.5. The molecule has 1 saturated heterocycles. The summed E-state index contributed by atoms with van der Waals surface area (Å²) in [6.45, 7) is 1.11. The van der Waals surface area contributed by atoms with Crippen LogP contribution in [0.3, 0.4) is 0 Å². The molecule has 0 bridgehead atoms. The van der Waals surface area contributed by atoms with E-state index in [1.807, 2.05) is 0 Å². The predicted molar refractivity (Wildman–Crippen MR) is 81.6 cm³/mol. The van der Waals surface area contributed by atoms with Crippen LogP contribution in [-0.4, -0.2) is 32.5 Å². The standard InChI is InChI=1S/C12H14F3N3O4S.ClH/c13-12(14,15)10-7-9(18(19)20)1-2-11(10)23(21,22)17-8-3-5-16-6-4-8;/h1-2,7-8,16-17H,3-6H2;1H. The van der Waals surface area contributed by atoms with Gasteiger partial charge in [-0.05, 0) is 32.0 Å². The molecule has 24 heavy (non-hydrogen) atoms. The third-order valence-corrected chi connectivity index (χ3v) is 5.01. The van der Waals surface area contributed by atoms with Gasteiger partial charge >= 0.3 is 6.18 Å². The fourth-order valence-electron chi connectivity index (χ4n) is 2.31. The fourth-order valence-corrected chi connectivity index (χ4v) is 3.82. The minimum Gasteiger partial charge on any atom is -0.317 e. The van der Waals surface area contributed by atoms with Gasteiger partial charge in [0.1, 0.15) is 0 Å².